The number of hydrogen-bond acceptors (Lipinski definition) is 0. The molecule has 8 heavy (non-hydrogen) atoms. The predicted molar refractivity (Wildman–Crippen MR) is 35.4 cm³/mol. The van der Waals surface area contributed by atoms with E-state index in [2.05, 4.69) is 20.5 Å². The molecular weight excluding hydrogens is 98.1 g/mol. The maximum atomic E-state index is 2.39. The minimum Gasteiger partial charge on any atom is -0.328 e. The fourth-order valence-electron chi connectivity index (χ4n) is 1.14. The molecule has 0 aliphatic carbocycles. The predicted octanol–water partition coefficient (Wildman–Crippen LogP) is 1.06. The molecule has 1 aliphatic rings. The zero-order chi connectivity index (χ0) is 6.04. The Balaban J connectivity index is 2.33. The molecule has 1 radical (unpaired) electrons. The van der Waals surface area contributed by atoms with Crippen LogP contribution < -0.4 is 0 Å². The summed E-state index contributed by atoms with van der Waals surface area (Å²) in [7, 11) is 4.60. The van der Waals surface area contributed by atoms with Crippen molar-refractivity contribution < 1.29 is 4.48 Å². The summed E-state index contributed by atoms with van der Waals surface area (Å²) in [5.74, 6) is 0. The van der Waals surface area contributed by atoms with Crippen LogP contribution in [0.3, 0.4) is 0 Å². The van der Waals surface area contributed by atoms with Gasteiger partial charge in [-0.05, 0) is 19.3 Å². The lowest BCUT2D eigenvalue weighted by Gasteiger charge is -2.33. The third kappa shape index (κ3) is 1.48. The third-order valence-corrected chi connectivity index (χ3v) is 1.88. The Morgan fingerprint density at radius 3 is 1.88 bits per heavy atom. The molecule has 1 nitrogen and oxygen atoms in total. The van der Waals surface area contributed by atoms with Gasteiger partial charge in [0.15, 0.2) is 0 Å². The van der Waals surface area contributed by atoms with Gasteiger partial charge in [0.05, 0.1) is 27.2 Å². The highest BCUT2D eigenvalue weighted by atomic mass is 15.3. The standard InChI is InChI=1S/C7H15N/c1-8(2)6-4-3-5-7-8/h3H,4-7H2,1-2H3/q+1. The van der Waals surface area contributed by atoms with Crippen molar-refractivity contribution in [3.63, 3.8) is 0 Å². The molecule has 0 aromatic heterocycles. The lowest BCUT2D eigenvalue weighted by Crippen LogP contribution is -2.43. The Hall–Kier alpha value is -0.0400. The Labute approximate surface area is 51.9 Å². The quantitative estimate of drug-likeness (QED) is 0.412. The fraction of sp³-hybridized carbons (Fsp3) is 0.857. The summed E-state index contributed by atoms with van der Waals surface area (Å²) in [6.07, 6.45) is 5.02. The molecule has 1 aliphatic heterocycles. The van der Waals surface area contributed by atoms with Crippen LogP contribution in [0, 0.1) is 6.42 Å². The number of piperidine rings is 1. The van der Waals surface area contributed by atoms with E-state index in [1.165, 1.54) is 30.4 Å². The second-order valence-electron chi connectivity index (χ2n) is 3.25. The molecule has 0 saturated carbocycles. The van der Waals surface area contributed by atoms with Gasteiger partial charge in [-0.3, -0.25) is 0 Å². The normalized spacial score (nSPS) is 27.8. The summed E-state index contributed by atoms with van der Waals surface area (Å²) in [4.78, 5) is 0. The molecule has 1 rings (SSSR count). The highest BCUT2D eigenvalue weighted by Crippen LogP contribution is 2.11. The lowest BCUT2D eigenvalue weighted by molar-refractivity contribution is -0.893. The fourth-order valence-corrected chi connectivity index (χ4v) is 1.14. The topological polar surface area (TPSA) is 0 Å². The van der Waals surface area contributed by atoms with Gasteiger partial charge in [-0.1, -0.05) is 0 Å². The summed E-state index contributed by atoms with van der Waals surface area (Å²) >= 11 is 0. The van der Waals surface area contributed by atoms with Crippen LogP contribution in [0.25, 0.3) is 0 Å². The van der Waals surface area contributed by atoms with Gasteiger partial charge in [0, 0.05) is 0 Å². The van der Waals surface area contributed by atoms with Crippen molar-refractivity contribution in [3.8, 4) is 0 Å². The van der Waals surface area contributed by atoms with Crippen LogP contribution in [0.4, 0.5) is 0 Å². The van der Waals surface area contributed by atoms with Crippen LogP contribution in [-0.4, -0.2) is 31.7 Å². The first-order valence-electron chi connectivity index (χ1n) is 3.34. The monoisotopic (exact) mass is 113 g/mol. The summed E-state index contributed by atoms with van der Waals surface area (Å²) in [6, 6.07) is 0. The summed E-state index contributed by atoms with van der Waals surface area (Å²) in [6.45, 7) is 2.67. The minimum absolute atomic E-state index is 1.22. The molecular formula is C7H15N+. The van der Waals surface area contributed by atoms with E-state index in [4.69, 9.17) is 0 Å². The minimum atomic E-state index is 1.22. The van der Waals surface area contributed by atoms with Crippen LogP contribution >= 0.6 is 0 Å². The van der Waals surface area contributed by atoms with Gasteiger partial charge in [0.1, 0.15) is 0 Å². The lowest BCUT2D eigenvalue weighted by atomic mass is 10.1. The average molecular weight is 113 g/mol. The molecule has 0 unspecified atom stereocenters. The van der Waals surface area contributed by atoms with Crippen LogP contribution in [0.1, 0.15) is 12.8 Å². The highest BCUT2D eigenvalue weighted by molar-refractivity contribution is 4.67. The Bertz CT molecular complexity index is 68.5. The molecule has 1 fully saturated rings. The molecule has 1 heterocycles. The van der Waals surface area contributed by atoms with E-state index in [-0.39, 0.29) is 0 Å². The zero-order valence-corrected chi connectivity index (χ0v) is 5.85. The first kappa shape index (κ1) is 6.09. The van der Waals surface area contributed by atoms with Crippen molar-refractivity contribution in [1.29, 1.82) is 0 Å². The second kappa shape index (κ2) is 2.06. The molecule has 0 bridgehead atoms. The van der Waals surface area contributed by atoms with Crippen LogP contribution in [0.15, 0.2) is 0 Å². The smallest absolute Gasteiger partial charge is 0.0785 e. The third-order valence-electron chi connectivity index (χ3n) is 1.88. The van der Waals surface area contributed by atoms with E-state index in [0.29, 0.717) is 0 Å². The second-order valence-corrected chi connectivity index (χ2v) is 3.25. The van der Waals surface area contributed by atoms with Crippen molar-refractivity contribution in [1.82, 2.24) is 0 Å². The molecule has 1 saturated heterocycles. The SMILES string of the molecule is C[N+]1(C)CC[CH]CC1. The molecule has 0 atom stereocenters. The van der Waals surface area contributed by atoms with Gasteiger partial charge in [0.2, 0.25) is 0 Å². The van der Waals surface area contributed by atoms with Crippen molar-refractivity contribution >= 4 is 0 Å². The number of likely N-dealkylation sites (tertiary alicyclic amines) is 1. The van der Waals surface area contributed by atoms with Gasteiger partial charge in [-0.25, -0.2) is 0 Å². The Kier molecular flexibility index (Phi) is 1.57. The Morgan fingerprint density at radius 2 is 1.62 bits per heavy atom. The largest absolute Gasteiger partial charge is 0.328 e. The highest BCUT2D eigenvalue weighted by Gasteiger charge is 2.17. The maximum absolute atomic E-state index is 2.39. The van der Waals surface area contributed by atoms with Crippen molar-refractivity contribution in [2.75, 3.05) is 27.2 Å². The molecule has 0 spiro atoms. The molecule has 0 amide bonds. The number of quaternary nitrogens is 1. The van der Waals surface area contributed by atoms with Gasteiger partial charge in [-0.2, -0.15) is 0 Å². The Morgan fingerprint density at radius 1 is 1.12 bits per heavy atom. The zero-order valence-electron chi connectivity index (χ0n) is 5.85. The molecule has 1 heteroatoms. The van der Waals surface area contributed by atoms with Crippen LogP contribution in [0.5, 0.6) is 0 Å². The molecule has 0 N–H and O–H groups in total. The first-order chi connectivity index (χ1) is 3.71. The maximum Gasteiger partial charge on any atom is 0.0785 e. The van der Waals surface area contributed by atoms with Gasteiger partial charge >= 0.3 is 0 Å². The van der Waals surface area contributed by atoms with Crippen LogP contribution in [0.2, 0.25) is 0 Å². The van der Waals surface area contributed by atoms with Crippen molar-refractivity contribution in [3.05, 3.63) is 6.42 Å². The average Bonchev–Trinajstić information content (AvgIpc) is 1.65. The summed E-state index contributed by atoms with van der Waals surface area (Å²) < 4.78 is 1.22. The van der Waals surface area contributed by atoms with Crippen LogP contribution in [-0.2, 0) is 0 Å². The summed E-state index contributed by atoms with van der Waals surface area (Å²) in [5.41, 5.74) is 0. The summed E-state index contributed by atoms with van der Waals surface area (Å²) in [5, 5.41) is 0. The van der Waals surface area contributed by atoms with Gasteiger partial charge < -0.3 is 4.48 Å². The van der Waals surface area contributed by atoms with E-state index in [0.717, 1.165) is 0 Å². The van der Waals surface area contributed by atoms with E-state index >= 15 is 0 Å². The van der Waals surface area contributed by atoms with E-state index in [9.17, 15) is 0 Å². The number of rotatable bonds is 0. The number of hydrogen-bond donors (Lipinski definition) is 0. The van der Waals surface area contributed by atoms with E-state index in [1.54, 1.807) is 0 Å². The van der Waals surface area contributed by atoms with Gasteiger partial charge in [-0.15, -0.1) is 0 Å². The number of nitrogens with zero attached hydrogens (tertiary/aromatic N) is 1. The molecule has 47 valence electrons. The first-order valence-corrected chi connectivity index (χ1v) is 3.34. The van der Waals surface area contributed by atoms with Crippen molar-refractivity contribution in [2.24, 2.45) is 0 Å². The van der Waals surface area contributed by atoms with Gasteiger partial charge in [0.25, 0.3) is 0 Å². The molecule has 0 aromatic carbocycles. The van der Waals surface area contributed by atoms with E-state index in [1.807, 2.05) is 0 Å². The molecule has 0 aromatic rings. The van der Waals surface area contributed by atoms with Crippen molar-refractivity contribution in [2.45, 2.75) is 12.8 Å². The van der Waals surface area contributed by atoms with E-state index < -0.39 is 0 Å².